The number of nitrogens with zero attached hydrogens (tertiary/aromatic N) is 3. The number of methoxy groups -OCH3 is 1. The third-order valence-corrected chi connectivity index (χ3v) is 2.88. The molecule has 1 heterocycles. The first kappa shape index (κ1) is 13.2. The van der Waals surface area contributed by atoms with Crippen molar-refractivity contribution < 1.29 is 4.74 Å². The Kier molecular flexibility index (Phi) is 4.95. The third-order valence-electron chi connectivity index (χ3n) is 2.57. The minimum Gasteiger partial charge on any atom is -0.383 e. The number of hydrogen-bond acceptors (Lipinski definition) is 4. The molecular weight excluding hydrogens is 224 g/mol. The Hall–Kier alpha value is -0.880. The minimum atomic E-state index is 0.269. The molecule has 0 radical (unpaired) electrons. The highest BCUT2D eigenvalue weighted by Gasteiger charge is 2.15. The van der Waals surface area contributed by atoms with E-state index in [1.807, 2.05) is 11.6 Å². The van der Waals surface area contributed by atoms with Gasteiger partial charge in [-0.1, -0.05) is 6.92 Å². The first-order chi connectivity index (χ1) is 7.61. The van der Waals surface area contributed by atoms with Crippen LogP contribution in [0.5, 0.6) is 0 Å². The molecule has 92 valence electrons. The van der Waals surface area contributed by atoms with Crippen molar-refractivity contribution in [1.82, 2.24) is 14.8 Å². The molecule has 1 atom stereocenters. The predicted octanol–water partition coefficient (Wildman–Crippen LogP) is 1.82. The van der Waals surface area contributed by atoms with Crippen LogP contribution in [-0.4, -0.2) is 41.6 Å². The standard InChI is InChI=1S/C10H20N4OS/c1-5-6-14-9(11-12-10(14)16)13(3)8(2)7-15-4/h8H,5-7H2,1-4H3,(H,12,16). The van der Waals surface area contributed by atoms with Crippen molar-refractivity contribution in [3.63, 3.8) is 0 Å². The van der Waals surface area contributed by atoms with Crippen LogP contribution in [0.15, 0.2) is 0 Å². The Morgan fingerprint density at radius 1 is 1.62 bits per heavy atom. The summed E-state index contributed by atoms with van der Waals surface area (Å²) in [5, 5.41) is 7.09. The molecule has 0 aliphatic heterocycles. The van der Waals surface area contributed by atoms with E-state index in [0.29, 0.717) is 11.4 Å². The van der Waals surface area contributed by atoms with Gasteiger partial charge in [0.1, 0.15) is 0 Å². The lowest BCUT2D eigenvalue weighted by atomic mass is 10.3. The van der Waals surface area contributed by atoms with Crippen LogP contribution in [0.3, 0.4) is 0 Å². The molecule has 0 bridgehead atoms. The lowest BCUT2D eigenvalue weighted by Gasteiger charge is -2.25. The van der Waals surface area contributed by atoms with E-state index >= 15 is 0 Å². The number of H-pyrrole nitrogens is 1. The number of nitrogens with one attached hydrogen (secondary N) is 1. The molecule has 0 aliphatic rings. The van der Waals surface area contributed by atoms with Crippen molar-refractivity contribution in [3.05, 3.63) is 4.77 Å². The number of aromatic amines is 1. The molecule has 1 aromatic rings. The van der Waals surface area contributed by atoms with E-state index in [0.717, 1.165) is 18.9 Å². The molecule has 16 heavy (non-hydrogen) atoms. The van der Waals surface area contributed by atoms with E-state index in [1.165, 1.54) is 0 Å². The van der Waals surface area contributed by atoms with Gasteiger partial charge in [-0.25, -0.2) is 5.10 Å². The molecule has 0 amide bonds. The maximum absolute atomic E-state index is 5.20. The number of rotatable bonds is 6. The molecule has 0 spiro atoms. The average molecular weight is 244 g/mol. The average Bonchev–Trinajstić information content (AvgIpc) is 2.61. The molecule has 1 rings (SSSR count). The first-order valence-electron chi connectivity index (χ1n) is 5.48. The Morgan fingerprint density at radius 3 is 2.88 bits per heavy atom. The summed E-state index contributed by atoms with van der Waals surface area (Å²) in [6.45, 7) is 5.77. The Balaban J connectivity index is 2.90. The van der Waals surface area contributed by atoms with Gasteiger partial charge in [-0.05, 0) is 25.6 Å². The summed E-state index contributed by atoms with van der Waals surface area (Å²) in [7, 11) is 3.70. The normalized spacial score (nSPS) is 12.8. The van der Waals surface area contributed by atoms with Gasteiger partial charge in [-0.2, -0.15) is 0 Å². The Labute approximate surface area is 101 Å². The van der Waals surface area contributed by atoms with Crippen molar-refractivity contribution in [1.29, 1.82) is 0 Å². The predicted molar refractivity (Wildman–Crippen MR) is 67.4 cm³/mol. The second kappa shape index (κ2) is 6.00. The Bertz CT molecular complexity index is 373. The van der Waals surface area contributed by atoms with E-state index in [2.05, 4.69) is 28.9 Å². The quantitative estimate of drug-likeness (QED) is 0.775. The number of hydrogen-bond donors (Lipinski definition) is 1. The van der Waals surface area contributed by atoms with Crippen LogP contribution in [0.25, 0.3) is 0 Å². The van der Waals surface area contributed by atoms with Gasteiger partial charge in [0.05, 0.1) is 12.6 Å². The molecule has 1 N–H and O–H groups in total. The summed E-state index contributed by atoms with van der Waals surface area (Å²) < 4.78 is 7.83. The highest BCUT2D eigenvalue weighted by atomic mass is 32.1. The monoisotopic (exact) mass is 244 g/mol. The SMILES string of the molecule is CCCn1c(N(C)C(C)COC)n[nH]c1=S. The lowest BCUT2D eigenvalue weighted by molar-refractivity contribution is 0.182. The summed E-state index contributed by atoms with van der Waals surface area (Å²) >= 11 is 5.20. The zero-order chi connectivity index (χ0) is 12.1. The molecule has 5 nitrogen and oxygen atoms in total. The zero-order valence-electron chi connectivity index (χ0n) is 10.4. The number of anilines is 1. The minimum absolute atomic E-state index is 0.269. The van der Waals surface area contributed by atoms with Gasteiger partial charge in [-0.15, -0.1) is 5.10 Å². The number of aromatic nitrogens is 3. The molecule has 0 aromatic carbocycles. The second-order valence-electron chi connectivity index (χ2n) is 3.90. The van der Waals surface area contributed by atoms with Crippen LogP contribution in [0.2, 0.25) is 0 Å². The topological polar surface area (TPSA) is 46.1 Å². The molecule has 1 unspecified atom stereocenters. The smallest absolute Gasteiger partial charge is 0.225 e. The van der Waals surface area contributed by atoms with E-state index < -0.39 is 0 Å². The fourth-order valence-electron chi connectivity index (χ4n) is 1.55. The van der Waals surface area contributed by atoms with Gasteiger partial charge in [0.25, 0.3) is 0 Å². The van der Waals surface area contributed by atoms with Gasteiger partial charge < -0.3 is 9.64 Å². The summed E-state index contributed by atoms with van der Waals surface area (Å²) in [4.78, 5) is 2.07. The first-order valence-corrected chi connectivity index (χ1v) is 5.89. The van der Waals surface area contributed by atoms with Crippen LogP contribution in [0.4, 0.5) is 5.95 Å². The van der Waals surface area contributed by atoms with E-state index in [-0.39, 0.29) is 6.04 Å². The molecule has 0 aliphatic carbocycles. The van der Waals surface area contributed by atoms with Crippen molar-refractivity contribution in [3.8, 4) is 0 Å². The van der Waals surface area contributed by atoms with E-state index in [9.17, 15) is 0 Å². The van der Waals surface area contributed by atoms with Crippen molar-refractivity contribution >= 4 is 18.2 Å². The van der Waals surface area contributed by atoms with Crippen LogP contribution >= 0.6 is 12.2 Å². The van der Waals surface area contributed by atoms with Crippen molar-refractivity contribution in [2.75, 3.05) is 25.7 Å². The molecule has 0 saturated heterocycles. The fraction of sp³-hybridized carbons (Fsp3) is 0.800. The number of ether oxygens (including phenoxy) is 1. The summed E-state index contributed by atoms with van der Waals surface area (Å²) in [5.41, 5.74) is 0. The van der Waals surface area contributed by atoms with Crippen LogP contribution in [0.1, 0.15) is 20.3 Å². The fourth-order valence-corrected chi connectivity index (χ4v) is 1.77. The van der Waals surface area contributed by atoms with Crippen molar-refractivity contribution in [2.24, 2.45) is 0 Å². The Morgan fingerprint density at radius 2 is 2.31 bits per heavy atom. The van der Waals surface area contributed by atoms with E-state index in [4.69, 9.17) is 17.0 Å². The highest BCUT2D eigenvalue weighted by Crippen LogP contribution is 2.13. The van der Waals surface area contributed by atoms with Crippen LogP contribution < -0.4 is 4.90 Å². The molecular formula is C10H20N4OS. The van der Waals surface area contributed by atoms with Gasteiger partial charge in [0, 0.05) is 20.7 Å². The van der Waals surface area contributed by atoms with Crippen molar-refractivity contribution in [2.45, 2.75) is 32.9 Å². The molecule has 0 saturated carbocycles. The molecule has 0 fully saturated rings. The highest BCUT2D eigenvalue weighted by molar-refractivity contribution is 7.71. The third kappa shape index (κ3) is 2.82. The van der Waals surface area contributed by atoms with Gasteiger partial charge >= 0.3 is 0 Å². The molecule has 6 heteroatoms. The molecule has 1 aromatic heterocycles. The second-order valence-corrected chi connectivity index (χ2v) is 4.28. The largest absolute Gasteiger partial charge is 0.383 e. The van der Waals surface area contributed by atoms with E-state index in [1.54, 1.807) is 7.11 Å². The number of likely N-dealkylation sites (N-methyl/N-ethyl adjacent to an activating group) is 1. The van der Waals surface area contributed by atoms with Crippen LogP contribution in [0, 0.1) is 4.77 Å². The summed E-state index contributed by atoms with van der Waals surface area (Å²) in [5.74, 6) is 0.872. The maximum atomic E-state index is 5.20. The zero-order valence-corrected chi connectivity index (χ0v) is 11.2. The van der Waals surface area contributed by atoms with Gasteiger partial charge in [0.2, 0.25) is 5.95 Å². The summed E-state index contributed by atoms with van der Waals surface area (Å²) in [6.07, 6.45) is 1.04. The lowest BCUT2D eigenvalue weighted by Crippen LogP contribution is -2.34. The van der Waals surface area contributed by atoms with Gasteiger partial charge in [0.15, 0.2) is 4.77 Å². The summed E-state index contributed by atoms with van der Waals surface area (Å²) in [6, 6.07) is 0.269. The maximum Gasteiger partial charge on any atom is 0.225 e. The van der Waals surface area contributed by atoms with Gasteiger partial charge in [-0.3, -0.25) is 4.57 Å². The van der Waals surface area contributed by atoms with Crippen LogP contribution in [-0.2, 0) is 11.3 Å².